The molecule has 0 bridgehead atoms. The molecule has 3 amide bonds. The van der Waals surface area contributed by atoms with Crippen LogP contribution in [0, 0.1) is 12.3 Å². The molecule has 1 saturated heterocycles. The van der Waals surface area contributed by atoms with Gasteiger partial charge >= 0.3 is 0 Å². The first-order chi connectivity index (χ1) is 11.0. The van der Waals surface area contributed by atoms with Crippen LogP contribution in [0.2, 0.25) is 0 Å². The summed E-state index contributed by atoms with van der Waals surface area (Å²) in [6.07, 6.45) is 5.72. The Balaban J connectivity index is 1.93. The summed E-state index contributed by atoms with van der Waals surface area (Å²) in [6.45, 7) is 2.05. The maximum absolute atomic E-state index is 12.7. The molecule has 6 nitrogen and oxygen atoms in total. The maximum atomic E-state index is 12.7. The van der Waals surface area contributed by atoms with Crippen molar-refractivity contribution in [3.63, 3.8) is 0 Å². The maximum Gasteiger partial charge on any atom is 0.255 e. The Morgan fingerprint density at radius 3 is 2.87 bits per heavy atom. The molecule has 23 heavy (non-hydrogen) atoms. The number of nitrogens with one attached hydrogen (secondary N) is 1. The number of hydrogen-bond donors (Lipinski definition) is 1. The third-order valence-corrected chi connectivity index (χ3v) is 4.41. The van der Waals surface area contributed by atoms with Gasteiger partial charge in [-0.2, -0.15) is 0 Å². The minimum Gasteiger partial charge on any atom is -0.481 e. The molecule has 3 rings (SSSR count). The second-order valence-electron chi connectivity index (χ2n) is 5.82. The molecular weight excluding hydrogens is 296 g/mol. The molecule has 2 aliphatic heterocycles. The van der Waals surface area contributed by atoms with Gasteiger partial charge in [0.25, 0.3) is 11.8 Å². The normalized spacial score (nSPS) is 23.3. The molecule has 6 heteroatoms. The number of piperidine rings is 1. The fraction of sp³-hybridized carbons (Fsp3) is 0.353. The lowest BCUT2D eigenvalue weighted by Gasteiger charge is -2.39. The number of hydrogen-bond acceptors (Lipinski definition) is 4. The third-order valence-electron chi connectivity index (χ3n) is 4.41. The van der Waals surface area contributed by atoms with Gasteiger partial charge in [0.2, 0.25) is 5.91 Å². The fourth-order valence-electron chi connectivity index (χ4n) is 3.01. The van der Waals surface area contributed by atoms with Crippen molar-refractivity contribution in [3.8, 4) is 18.1 Å². The summed E-state index contributed by atoms with van der Waals surface area (Å²) in [7, 11) is 0. The molecule has 0 aromatic heterocycles. The molecule has 1 N–H and O–H groups in total. The van der Waals surface area contributed by atoms with Crippen LogP contribution in [-0.4, -0.2) is 34.8 Å². The molecule has 1 aromatic rings. The Hall–Kier alpha value is -2.81. The first-order valence-corrected chi connectivity index (χ1v) is 7.32. The predicted octanol–water partition coefficient (Wildman–Crippen LogP) is 0.850. The van der Waals surface area contributed by atoms with Gasteiger partial charge in [-0.25, -0.2) is 0 Å². The van der Waals surface area contributed by atoms with Crippen LogP contribution < -0.4 is 10.1 Å². The van der Waals surface area contributed by atoms with Crippen molar-refractivity contribution in [2.24, 2.45) is 0 Å². The van der Waals surface area contributed by atoms with E-state index in [4.69, 9.17) is 11.2 Å². The monoisotopic (exact) mass is 312 g/mol. The number of rotatable bonds is 3. The highest BCUT2D eigenvalue weighted by Crippen LogP contribution is 2.37. The fourth-order valence-corrected chi connectivity index (χ4v) is 3.01. The summed E-state index contributed by atoms with van der Waals surface area (Å²) >= 11 is 0. The first kappa shape index (κ1) is 15.1. The second-order valence-corrected chi connectivity index (χ2v) is 5.82. The van der Waals surface area contributed by atoms with Crippen molar-refractivity contribution in [1.29, 1.82) is 0 Å². The molecule has 2 heterocycles. The number of ether oxygens (including phenoxy) is 1. The van der Waals surface area contributed by atoms with Gasteiger partial charge in [0, 0.05) is 17.5 Å². The largest absolute Gasteiger partial charge is 0.481 e. The highest BCUT2D eigenvalue weighted by molar-refractivity contribution is 6.07. The summed E-state index contributed by atoms with van der Waals surface area (Å²) in [6, 6.07) is 5.17. The lowest BCUT2D eigenvalue weighted by Crippen LogP contribution is -2.61. The molecule has 0 saturated carbocycles. The zero-order valence-corrected chi connectivity index (χ0v) is 12.7. The van der Waals surface area contributed by atoms with Crippen molar-refractivity contribution in [3.05, 3.63) is 29.3 Å². The van der Waals surface area contributed by atoms with Crippen LogP contribution in [0.5, 0.6) is 5.75 Å². The van der Waals surface area contributed by atoms with Crippen LogP contribution in [0.4, 0.5) is 0 Å². The molecule has 1 atom stereocenters. The molecule has 0 unspecified atom stereocenters. The van der Waals surface area contributed by atoms with E-state index in [0.29, 0.717) is 17.7 Å². The van der Waals surface area contributed by atoms with Gasteiger partial charge in [-0.05, 0) is 25.5 Å². The highest BCUT2D eigenvalue weighted by atomic mass is 16.5. The summed E-state index contributed by atoms with van der Waals surface area (Å²) in [5.41, 5.74) is 0.178. The Bertz CT molecular complexity index is 749. The van der Waals surface area contributed by atoms with E-state index < -0.39 is 11.4 Å². The Labute approximate surface area is 133 Å². The van der Waals surface area contributed by atoms with Crippen molar-refractivity contribution in [2.45, 2.75) is 31.8 Å². The minimum absolute atomic E-state index is 0.108. The van der Waals surface area contributed by atoms with Crippen LogP contribution in [0.15, 0.2) is 18.2 Å². The Kier molecular flexibility index (Phi) is 3.57. The number of benzene rings is 1. The summed E-state index contributed by atoms with van der Waals surface area (Å²) < 4.78 is 5.49. The number of fused-ring (bicyclic) bond motifs is 1. The third kappa shape index (κ3) is 2.34. The van der Waals surface area contributed by atoms with Gasteiger partial charge < -0.3 is 9.64 Å². The van der Waals surface area contributed by atoms with E-state index in [2.05, 4.69) is 11.2 Å². The second kappa shape index (κ2) is 5.43. The smallest absolute Gasteiger partial charge is 0.255 e. The van der Waals surface area contributed by atoms with Crippen molar-refractivity contribution in [1.82, 2.24) is 10.2 Å². The van der Waals surface area contributed by atoms with Crippen LogP contribution in [0.3, 0.4) is 0 Å². The average molecular weight is 312 g/mol. The average Bonchev–Trinajstić information content (AvgIpc) is 2.88. The van der Waals surface area contributed by atoms with Crippen LogP contribution in [-0.2, 0) is 16.1 Å². The highest BCUT2D eigenvalue weighted by Gasteiger charge is 2.48. The van der Waals surface area contributed by atoms with E-state index in [9.17, 15) is 14.4 Å². The van der Waals surface area contributed by atoms with Gasteiger partial charge in [0.05, 0.1) is 6.54 Å². The molecule has 2 aliphatic rings. The lowest BCUT2D eigenvalue weighted by atomic mass is 9.89. The van der Waals surface area contributed by atoms with Crippen molar-refractivity contribution >= 4 is 17.7 Å². The van der Waals surface area contributed by atoms with Gasteiger partial charge in [0.15, 0.2) is 0 Å². The molecule has 0 spiro atoms. The summed E-state index contributed by atoms with van der Waals surface area (Å²) in [4.78, 5) is 37.9. The molecule has 1 fully saturated rings. The standard InChI is InChI=1S/C17H16N2O4/c1-3-9-23-13-6-4-5-11-12(13)10-19(15(11)21)17(2)8-7-14(20)18-16(17)22/h1,4-6H,7-10H2,2H3,(H,18,20,22)/t17-/m0/s1. The lowest BCUT2D eigenvalue weighted by molar-refractivity contribution is -0.142. The number of terminal acetylenes is 1. The van der Waals surface area contributed by atoms with E-state index in [-0.39, 0.29) is 31.4 Å². The van der Waals surface area contributed by atoms with Gasteiger partial charge in [0.1, 0.15) is 17.9 Å². The zero-order valence-electron chi connectivity index (χ0n) is 12.7. The number of imide groups is 1. The molecule has 118 valence electrons. The number of carbonyl (C=O) groups excluding carboxylic acids is 3. The Morgan fingerprint density at radius 2 is 2.17 bits per heavy atom. The topological polar surface area (TPSA) is 75.7 Å². The minimum atomic E-state index is -1.05. The van der Waals surface area contributed by atoms with Gasteiger partial charge in [-0.3, -0.25) is 19.7 Å². The van der Waals surface area contributed by atoms with Gasteiger partial charge in [-0.15, -0.1) is 6.42 Å². The zero-order chi connectivity index (χ0) is 16.6. The number of amides is 3. The summed E-state index contributed by atoms with van der Waals surface area (Å²) in [5, 5.41) is 2.31. The quantitative estimate of drug-likeness (QED) is 0.663. The number of carbonyl (C=O) groups is 3. The van der Waals surface area contributed by atoms with Crippen LogP contribution in [0.25, 0.3) is 0 Å². The molecule has 0 aliphatic carbocycles. The van der Waals surface area contributed by atoms with E-state index in [0.717, 1.165) is 5.56 Å². The van der Waals surface area contributed by atoms with Gasteiger partial charge in [-0.1, -0.05) is 12.0 Å². The first-order valence-electron chi connectivity index (χ1n) is 7.32. The van der Waals surface area contributed by atoms with E-state index in [1.54, 1.807) is 25.1 Å². The van der Waals surface area contributed by atoms with Crippen molar-refractivity contribution in [2.75, 3.05) is 6.61 Å². The van der Waals surface area contributed by atoms with E-state index >= 15 is 0 Å². The van der Waals surface area contributed by atoms with E-state index in [1.807, 2.05) is 0 Å². The summed E-state index contributed by atoms with van der Waals surface area (Å²) in [5.74, 6) is 1.95. The predicted molar refractivity (Wildman–Crippen MR) is 81.4 cm³/mol. The van der Waals surface area contributed by atoms with Crippen LogP contribution in [0.1, 0.15) is 35.7 Å². The molecule has 1 aromatic carbocycles. The SMILES string of the molecule is C#CCOc1cccc2c1CN([C@@]1(C)CCC(=O)NC1=O)C2=O. The van der Waals surface area contributed by atoms with Crippen LogP contribution >= 0.6 is 0 Å². The van der Waals surface area contributed by atoms with Crippen molar-refractivity contribution < 1.29 is 19.1 Å². The van der Waals surface area contributed by atoms with E-state index in [1.165, 1.54) is 4.90 Å². The molecular formula is C17H16N2O4. The number of nitrogens with zero attached hydrogens (tertiary/aromatic N) is 1. The molecule has 0 radical (unpaired) electrons. The Morgan fingerprint density at radius 1 is 1.39 bits per heavy atom.